The number of hydrogen-bond donors (Lipinski definition) is 2. The molecule has 1 aromatic carbocycles. The first kappa shape index (κ1) is 20.2. The summed E-state index contributed by atoms with van der Waals surface area (Å²) in [5.74, 6) is -0.439. The van der Waals surface area contributed by atoms with Crippen LogP contribution in [-0.4, -0.2) is 49.4 Å². The number of esters is 1. The van der Waals surface area contributed by atoms with Crippen molar-refractivity contribution in [2.24, 2.45) is 0 Å². The van der Waals surface area contributed by atoms with Crippen LogP contribution < -0.4 is 10.6 Å². The molecule has 0 saturated carbocycles. The molecule has 2 N–H and O–H groups in total. The van der Waals surface area contributed by atoms with Crippen LogP contribution in [0.4, 0.5) is 5.69 Å². The second kappa shape index (κ2) is 10.1. The number of nitrogens with one attached hydrogen (secondary N) is 2. The van der Waals surface area contributed by atoms with Crippen LogP contribution in [0.2, 0.25) is 0 Å². The van der Waals surface area contributed by atoms with Crippen molar-refractivity contribution in [2.45, 2.75) is 13.5 Å². The van der Waals surface area contributed by atoms with Crippen molar-refractivity contribution in [1.29, 1.82) is 0 Å². The molecule has 27 heavy (non-hydrogen) atoms. The summed E-state index contributed by atoms with van der Waals surface area (Å²) in [5.41, 5.74) is 0.731. The smallest absolute Gasteiger partial charge is 0.320 e. The summed E-state index contributed by atoms with van der Waals surface area (Å²) >= 11 is 0. The van der Waals surface area contributed by atoms with Gasteiger partial charge in [-0.25, -0.2) is 0 Å². The molecule has 0 saturated heterocycles. The molecule has 0 aliphatic rings. The Hall–Kier alpha value is -3.13. The maximum absolute atomic E-state index is 12.4. The predicted octanol–water partition coefficient (Wildman–Crippen LogP) is 1.64. The Morgan fingerprint density at radius 2 is 1.89 bits per heavy atom. The minimum absolute atomic E-state index is 0.00649. The average molecular weight is 373 g/mol. The molecule has 8 heteroatoms. The van der Waals surface area contributed by atoms with Gasteiger partial charge < -0.3 is 19.8 Å². The van der Waals surface area contributed by atoms with Crippen LogP contribution in [0.5, 0.6) is 0 Å². The van der Waals surface area contributed by atoms with Gasteiger partial charge in [-0.3, -0.25) is 19.3 Å². The van der Waals surface area contributed by atoms with Crippen molar-refractivity contribution in [3.8, 4) is 0 Å². The Kier molecular flexibility index (Phi) is 7.57. The Morgan fingerprint density at radius 3 is 2.59 bits per heavy atom. The van der Waals surface area contributed by atoms with E-state index in [1.54, 1.807) is 50.4 Å². The molecule has 1 aromatic heterocycles. The molecule has 0 fully saturated rings. The molecule has 1 heterocycles. The molecular weight excluding hydrogens is 350 g/mol. The van der Waals surface area contributed by atoms with E-state index in [0.29, 0.717) is 23.6 Å². The Labute approximate surface area is 157 Å². The van der Waals surface area contributed by atoms with Crippen LogP contribution in [0, 0.1) is 0 Å². The third-order valence-electron chi connectivity index (χ3n) is 3.57. The lowest BCUT2D eigenvalue weighted by Gasteiger charge is -2.16. The fourth-order valence-electron chi connectivity index (χ4n) is 2.38. The van der Waals surface area contributed by atoms with Gasteiger partial charge in [0.2, 0.25) is 5.91 Å². The first-order chi connectivity index (χ1) is 13.0. The lowest BCUT2D eigenvalue weighted by Crippen LogP contribution is -2.35. The SMILES string of the molecule is CCOC(=O)CN(C)CC(=O)Nc1ccccc1C(=O)NCc1ccco1. The van der Waals surface area contributed by atoms with E-state index in [2.05, 4.69) is 10.6 Å². The van der Waals surface area contributed by atoms with Crippen LogP contribution in [0.25, 0.3) is 0 Å². The molecule has 0 bridgehead atoms. The number of anilines is 1. The third kappa shape index (κ3) is 6.59. The Bertz CT molecular complexity index is 773. The van der Waals surface area contributed by atoms with Gasteiger partial charge in [-0.05, 0) is 38.2 Å². The van der Waals surface area contributed by atoms with E-state index < -0.39 is 5.97 Å². The lowest BCUT2D eigenvalue weighted by molar-refractivity contribution is -0.144. The van der Waals surface area contributed by atoms with Crippen LogP contribution in [0.15, 0.2) is 47.1 Å². The zero-order chi connectivity index (χ0) is 19.6. The third-order valence-corrected chi connectivity index (χ3v) is 3.57. The van der Waals surface area contributed by atoms with E-state index in [9.17, 15) is 14.4 Å². The van der Waals surface area contributed by atoms with E-state index >= 15 is 0 Å². The van der Waals surface area contributed by atoms with Gasteiger partial charge in [0, 0.05) is 0 Å². The topological polar surface area (TPSA) is 101 Å². The number of benzene rings is 1. The van der Waals surface area contributed by atoms with Crippen molar-refractivity contribution < 1.29 is 23.5 Å². The molecule has 2 rings (SSSR count). The van der Waals surface area contributed by atoms with Gasteiger partial charge in [0.15, 0.2) is 0 Å². The highest BCUT2D eigenvalue weighted by Crippen LogP contribution is 2.15. The molecule has 0 atom stereocenters. The molecule has 0 unspecified atom stereocenters. The van der Waals surface area contributed by atoms with Gasteiger partial charge in [-0.1, -0.05) is 12.1 Å². The number of nitrogens with zero attached hydrogens (tertiary/aromatic N) is 1. The van der Waals surface area contributed by atoms with Crippen molar-refractivity contribution in [3.05, 3.63) is 54.0 Å². The van der Waals surface area contributed by atoms with E-state index in [1.165, 1.54) is 11.2 Å². The minimum Gasteiger partial charge on any atom is -0.467 e. The van der Waals surface area contributed by atoms with Gasteiger partial charge in [-0.15, -0.1) is 0 Å². The van der Waals surface area contributed by atoms with Crippen LogP contribution in [0.1, 0.15) is 23.0 Å². The summed E-state index contributed by atoms with van der Waals surface area (Å²) in [5, 5.41) is 5.44. The number of carbonyl (C=O) groups excluding carboxylic acids is 3. The molecule has 2 aromatic rings. The van der Waals surface area contributed by atoms with Gasteiger partial charge in [0.1, 0.15) is 5.76 Å². The molecule has 0 aliphatic heterocycles. The Balaban J connectivity index is 1.93. The maximum Gasteiger partial charge on any atom is 0.320 e. The number of furan rings is 1. The van der Waals surface area contributed by atoms with Crippen molar-refractivity contribution in [2.75, 3.05) is 32.1 Å². The number of para-hydroxylation sites is 1. The highest BCUT2D eigenvalue weighted by molar-refractivity contribution is 6.04. The van der Waals surface area contributed by atoms with Gasteiger partial charge >= 0.3 is 5.97 Å². The van der Waals surface area contributed by atoms with Crippen molar-refractivity contribution in [3.63, 3.8) is 0 Å². The first-order valence-corrected chi connectivity index (χ1v) is 8.53. The standard InChI is InChI=1S/C19H23N3O5/c1-3-26-18(24)13-22(2)12-17(23)21-16-9-5-4-8-15(16)19(25)20-11-14-7-6-10-27-14/h4-10H,3,11-13H2,1-2H3,(H,20,25)(H,21,23). The second-order valence-electron chi connectivity index (χ2n) is 5.83. The summed E-state index contributed by atoms with van der Waals surface area (Å²) in [6, 6.07) is 10.2. The van der Waals surface area contributed by atoms with Gasteiger partial charge in [0.25, 0.3) is 5.91 Å². The summed E-state index contributed by atoms with van der Waals surface area (Å²) in [4.78, 5) is 37.6. The summed E-state index contributed by atoms with van der Waals surface area (Å²) in [6.45, 7) is 2.25. The highest BCUT2D eigenvalue weighted by atomic mass is 16.5. The highest BCUT2D eigenvalue weighted by Gasteiger charge is 2.15. The monoisotopic (exact) mass is 373 g/mol. The summed E-state index contributed by atoms with van der Waals surface area (Å²) in [7, 11) is 1.64. The van der Waals surface area contributed by atoms with E-state index in [4.69, 9.17) is 9.15 Å². The van der Waals surface area contributed by atoms with Crippen LogP contribution in [0.3, 0.4) is 0 Å². The lowest BCUT2D eigenvalue weighted by atomic mass is 10.1. The quantitative estimate of drug-likeness (QED) is 0.648. The number of rotatable bonds is 9. The molecule has 8 nitrogen and oxygen atoms in total. The number of hydrogen-bond acceptors (Lipinski definition) is 6. The van der Waals surface area contributed by atoms with E-state index in [0.717, 1.165) is 0 Å². The van der Waals surface area contributed by atoms with E-state index in [-0.39, 0.29) is 31.4 Å². The summed E-state index contributed by atoms with van der Waals surface area (Å²) < 4.78 is 10.0. The largest absolute Gasteiger partial charge is 0.467 e. The number of amides is 2. The van der Waals surface area contributed by atoms with Gasteiger partial charge in [-0.2, -0.15) is 0 Å². The van der Waals surface area contributed by atoms with Crippen LogP contribution in [-0.2, 0) is 20.9 Å². The van der Waals surface area contributed by atoms with Crippen molar-refractivity contribution in [1.82, 2.24) is 10.2 Å². The zero-order valence-corrected chi connectivity index (χ0v) is 15.4. The van der Waals surface area contributed by atoms with E-state index in [1.807, 2.05) is 0 Å². The molecule has 0 aliphatic carbocycles. The van der Waals surface area contributed by atoms with Gasteiger partial charge in [0.05, 0.1) is 43.8 Å². The summed E-state index contributed by atoms with van der Waals surface area (Å²) in [6.07, 6.45) is 1.53. The fraction of sp³-hybridized carbons (Fsp3) is 0.316. The minimum atomic E-state index is -0.398. The second-order valence-corrected chi connectivity index (χ2v) is 5.83. The average Bonchev–Trinajstić information content (AvgIpc) is 3.13. The predicted molar refractivity (Wildman–Crippen MR) is 99.1 cm³/mol. The Morgan fingerprint density at radius 1 is 1.11 bits per heavy atom. The molecule has 0 radical (unpaired) electrons. The first-order valence-electron chi connectivity index (χ1n) is 8.53. The molecule has 0 spiro atoms. The maximum atomic E-state index is 12.4. The molecule has 2 amide bonds. The molecular formula is C19H23N3O5. The van der Waals surface area contributed by atoms with Crippen LogP contribution >= 0.6 is 0 Å². The zero-order valence-electron chi connectivity index (χ0n) is 15.4. The normalized spacial score (nSPS) is 10.5. The molecule has 144 valence electrons. The number of carbonyl (C=O) groups is 3. The van der Waals surface area contributed by atoms with Crippen molar-refractivity contribution >= 4 is 23.5 Å². The number of likely N-dealkylation sites (N-methyl/N-ethyl adjacent to an activating group) is 1. The number of ether oxygens (including phenoxy) is 1. The fourth-order valence-corrected chi connectivity index (χ4v) is 2.38.